The average Bonchev–Trinajstić information content (AvgIpc) is 2.48. The summed E-state index contributed by atoms with van der Waals surface area (Å²) in [5, 5.41) is 9.46. The molecule has 21 heavy (non-hydrogen) atoms. The summed E-state index contributed by atoms with van der Waals surface area (Å²) in [5.41, 5.74) is -1.15. The number of hydrogen-bond acceptors (Lipinski definition) is 3. The topological polar surface area (TPSA) is 42.2 Å². The van der Waals surface area contributed by atoms with Gasteiger partial charge in [-0.25, -0.2) is 8.78 Å². The van der Waals surface area contributed by atoms with E-state index in [0.717, 1.165) is 31.4 Å². The first kappa shape index (κ1) is 15.7. The third kappa shape index (κ3) is 3.33. The second kappa shape index (κ2) is 6.86. The largest absolute Gasteiger partial charge is 0.491 e. The lowest BCUT2D eigenvalue weighted by atomic mass is 9.70. The van der Waals surface area contributed by atoms with Crippen LogP contribution in [-0.4, -0.2) is 20.3 Å². The molecule has 0 spiro atoms. The predicted octanol–water partition coefficient (Wildman–Crippen LogP) is 3.72. The number of benzene rings is 1. The van der Waals surface area contributed by atoms with E-state index >= 15 is 0 Å². The Morgan fingerprint density at radius 2 is 1.76 bits per heavy atom. The van der Waals surface area contributed by atoms with Gasteiger partial charge in [0, 0.05) is 24.8 Å². The van der Waals surface area contributed by atoms with Gasteiger partial charge in [0.15, 0.2) is 0 Å². The van der Waals surface area contributed by atoms with Crippen LogP contribution in [0.2, 0.25) is 0 Å². The summed E-state index contributed by atoms with van der Waals surface area (Å²) in [4.78, 5) is 0. The van der Waals surface area contributed by atoms with Gasteiger partial charge in [0.25, 0.3) is 0 Å². The predicted molar refractivity (Wildman–Crippen MR) is 74.1 cm³/mol. The molecule has 0 bridgehead atoms. The van der Waals surface area contributed by atoms with Gasteiger partial charge in [-0.3, -0.25) is 0 Å². The molecule has 0 atom stereocenters. The molecule has 1 aliphatic rings. The number of ether oxygens (including phenoxy) is 2. The number of nitrogens with zero attached hydrogens (tertiary/aromatic N) is 1. The molecule has 0 heterocycles. The first-order valence-electron chi connectivity index (χ1n) is 7.15. The molecule has 0 saturated heterocycles. The van der Waals surface area contributed by atoms with Crippen molar-refractivity contribution in [1.82, 2.24) is 0 Å². The first-order chi connectivity index (χ1) is 10.1. The Morgan fingerprint density at radius 1 is 1.14 bits per heavy atom. The van der Waals surface area contributed by atoms with Crippen molar-refractivity contribution in [2.75, 3.05) is 20.3 Å². The van der Waals surface area contributed by atoms with Crippen LogP contribution in [0.1, 0.15) is 37.7 Å². The van der Waals surface area contributed by atoms with E-state index in [9.17, 15) is 14.0 Å². The summed E-state index contributed by atoms with van der Waals surface area (Å²) in [7, 11) is 1.52. The zero-order valence-corrected chi connectivity index (χ0v) is 12.1. The van der Waals surface area contributed by atoms with Crippen molar-refractivity contribution < 1.29 is 18.3 Å². The molecule has 3 nitrogen and oxygen atoms in total. The lowest BCUT2D eigenvalue weighted by Gasteiger charge is -2.31. The minimum atomic E-state index is -1.04. The van der Waals surface area contributed by atoms with Crippen LogP contribution in [-0.2, 0) is 10.2 Å². The van der Waals surface area contributed by atoms with Gasteiger partial charge in [0.2, 0.25) is 0 Å². The lowest BCUT2D eigenvalue weighted by molar-refractivity contribution is 0.146. The number of methoxy groups -OCH3 is 1. The van der Waals surface area contributed by atoms with Crippen LogP contribution < -0.4 is 4.74 Å². The summed E-state index contributed by atoms with van der Waals surface area (Å²) in [6.45, 7) is 0.561. The zero-order chi connectivity index (χ0) is 15.3. The fourth-order valence-corrected chi connectivity index (χ4v) is 2.91. The quantitative estimate of drug-likeness (QED) is 0.778. The van der Waals surface area contributed by atoms with Gasteiger partial charge in [0.1, 0.15) is 24.0 Å². The van der Waals surface area contributed by atoms with Crippen molar-refractivity contribution in [2.24, 2.45) is 0 Å². The van der Waals surface area contributed by atoms with Gasteiger partial charge in [-0.1, -0.05) is 19.3 Å². The smallest absolute Gasteiger partial charge is 0.134 e. The van der Waals surface area contributed by atoms with Gasteiger partial charge < -0.3 is 9.47 Å². The Labute approximate surface area is 123 Å². The van der Waals surface area contributed by atoms with E-state index in [0.29, 0.717) is 19.4 Å². The van der Waals surface area contributed by atoms with E-state index in [-0.39, 0.29) is 17.9 Å². The van der Waals surface area contributed by atoms with Crippen LogP contribution in [0.25, 0.3) is 0 Å². The Morgan fingerprint density at radius 3 is 2.29 bits per heavy atom. The molecule has 1 aliphatic carbocycles. The Balaban J connectivity index is 2.30. The molecule has 0 aliphatic heterocycles. The number of hydrogen-bond donors (Lipinski definition) is 0. The van der Waals surface area contributed by atoms with Gasteiger partial charge >= 0.3 is 0 Å². The average molecular weight is 295 g/mol. The van der Waals surface area contributed by atoms with E-state index in [1.54, 1.807) is 0 Å². The highest BCUT2D eigenvalue weighted by Gasteiger charge is 2.39. The summed E-state index contributed by atoms with van der Waals surface area (Å²) < 4.78 is 38.7. The molecular weight excluding hydrogens is 276 g/mol. The summed E-state index contributed by atoms with van der Waals surface area (Å²) in [6, 6.07) is 4.46. The maximum Gasteiger partial charge on any atom is 0.134 e. The van der Waals surface area contributed by atoms with Crippen molar-refractivity contribution in [2.45, 2.75) is 37.5 Å². The molecule has 0 aromatic heterocycles. The monoisotopic (exact) mass is 295 g/mol. The molecule has 2 rings (SSSR count). The van der Waals surface area contributed by atoms with Crippen molar-refractivity contribution in [3.8, 4) is 11.8 Å². The third-order valence-electron chi connectivity index (χ3n) is 3.97. The van der Waals surface area contributed by atoms with Gasteiger partial charge in [-0.15, -0.1) is 0 Å². The van der Waals surface area contributed by atoms with E-state index < -0.39 is 17.0 Å². The van der Waals surface area contributed by atoms with Crippen molar-refractivity contribution >= 4 is 0 Å². The first-order valence-corrected chi connectivity index (χ1v) is 7.15. The fourth-order valence-electron chi connectivity index (χ4n) is 2.91. The molecule has 1 aromatic carbocycles. The highest BCUT2D eigenvalue weighted by Crippen LogP contribution is 2.42. The van der Waals surface area contributed by atoms with Gasteiger partial charge in [0.05, 0.1) is 18.1 Å². The van der Waals surface area contributed by atoms with Crippen LogP contribution in [0.4, 0.5) is 8.78 Å². The maximum absolute atomic E-state index is 14.3. The highest BCUT2D eigenvalue weighted by molar-refractivity contribution is 5.40. The minimum Gasteiger partial charge on any atom is -0.491 e. The Kier molecular flexibility index (Phi) is 5.13. The van der Waals surface area contributed by atoms with Crippen LogP contribution >= 0.6 is 0 Å². The van der Waals surface area contributed by atoms with E-state index in [1.165, 1.54) is 7.11 Å². The second-order valence-corrected chi connectivity index (χ2v) is 5.36. The molecule has 0 radical (unpaired) electrons. The number of nitriles is 1. The summed E-state index contributed by atoms with van der Waals surface area (Å²) >= 11 is 0. The molecule has 1 saturated carbocycles. The standard InChI is InChI=1S/C16H19F2NO2/c1-20-7-8-21-12-9-13(17)15(14(18)10-12)16(11-19)5-3-2-4-6-16/h9-10H,2-8H2,1H3. The molecule has 1 aromatic rings. The minimum absolute atomic E-state index is 0.108. The van der Waals surface area contributed by atoms with Crippen molar-refractivity contribution in [1.29, 1.82) is 5.26 Å². The van der Waals surface area contributed by atoms with Crippen molar-refractivity contribution in [3.05, 3.63) is 29.3 Å². The summed E-state index contributed by atoms with van der Waals surface area (Å²) in [6.07, 6.45) is 3.64. The number of rotatable bonds is 5. The normalized spacial score (nSPS) is 17.2. The van der Waals surface area contributed by atoms with E-state index in [2.05, 4.69) is 6.07 Å². The SMILES string of the molecule is COCCOc1cc(F)c(C2(C#N)CCCCC2)c(F)c1. The third-order valence-corrected chi connectivity index (χ3v) is 3.97. The number of halogens is 2. The van der Waals surface area contributed by atoms with E-state index in [1.807, 2.05) is 0 Å². The maximum atomic E-state index is 14.3. The van der Waals surface area contributed by atoms with Crippen LogP contribution in [0.15, 0.2) is 12.1 Å². The Bertz CT molecular complexity index is 511. The lowest BCUT2D eigenvalue weighted by Crippen LogP contribution is -2.29. The molecule has 114 valence electrons. The second-order valence-electron chi connectivity index (χ2n) is 5.36. The molecule has 0 N–H and O–H groups in total. The summed E-state index contributed by atoms with van der Waals surface area (Å²) in [5.74, 6) is -1.29. The van der Waals surface area contributed by atoms with E-state index in [4.69, 9.17) is 9.47 Å². The highest BCUT2D eigenvalue weighted by atomic mass is 19.1. The van der Waals surface area contributed by atoms with Crippen molar-refractivity contribution in [3.63, 3.8) is 0 Å². The molecule has 5 heteroatoms. The van der Waals surface area contributed by atoms with Crippen LogP contribution in [0.3, 0.4) is 0 Å². The van der Waals surface area contributed by atoms with Gasteiger partial charge in [-0.2, -0.15) is 5.26 Å². The fraction of sp³-hybridized carbons (Fsp3) is 0.562. The molecular formula is C16H19F2NO2. The Hall–Kier alpha value is -1.67. The molecule has 0 amide bonds. The van der Waals surface area contributed by atoms with Crippen LogP contribution in [0, 0.1) is 23.0 Å². The zero-order valence-electron chi connectivity index (χ0n) is 12.1. The molecule has 1 fully saturated rings. The van der Waals surface area contributed by atoms with Crippen LogP contribution in [0.5, 0.6) is 5.75 Å². The molecule has 0 unspecified atom stereocenters. The van der Waals surface area contributed by atoms with Gasteiger partial charge in [-0.05, 0) is 12.8 Å².